The summed E-state index contributed by atoms with van der Waals surface area (Å²) in [5.41, 5.74) is 0. The van der Waals surface area contributed by atoms with Crippen molar-refractivity contribution in [2.24, 2.45) is 5.92 Å². The zero-order chi connectivity index (χ0) is 14.8. The molecule has 2 unspecified atom stereocenters. The Bertz CT molecular complexity index is 541. The van der Waals surface area contributed by atoms with Crippen molar-refractivity contribution in [1.82, 2.24) is 4.31 Å². The fraction of sp³-hybridized carbons (Fsp3) is 0.571. The molecule has 0 saturated carbocycles. The van der Waals surface area contributed by atoms with Crippen molar-refractivity contribution in [3.63, 3.8) is 0 Å². The van der Waals surface area contributed by atoms with Crippen molar-refractivity contribution in [2.75, 3.05) is 20.2 Å². The van der Waals surface area contributed by atoms with Crippen molar-refractivity contribution < 1.29 is 18.3 Å². The molecule has 0 amide bonds. The van der Waals surface area contributed by atoms with Gasteiger partial charge in [0.25, 0.3) is 0 Å². The van der Waals surface area contributed by atoms with E-state index in [4.69, 9.17) is 4.74 Å². The maximum atomic E-state index is 12.6. The van der Waals surface area contributed by atoms with Crippen LogP contribution in [0.3, 0.4) is 0 Å². The second-order valence-electron chi connectivity index (χ2n) is 5.06. The summed E-state index contributed by atoms with van der Waals surface area (Å²) in [5.74, 6) is 0.640. The number of hydrogen-bond donors (Lipinski definition) is 1. The van der Waals surface area contributed by atoms with Crippen LogP contribution in [-0.4, -0.2) is 44.1 Å². The highest BCUT2D eigenvalue weighted by molar-refractivity contribution is 7.89. The van der Waals surface area contributed by atoms with Gasteiger partial charge in [0.2, 0.25) is 10.0 Å². The summed E-state index contributed by atoms with van der Waals surface area (Å²) in [5, 5.41) is 9.85. The maximum absolute atomic E-state index is 12.6. The van der Waals surface area contributed by atoms with Gasteiger partial charge < -0.3 is 9.84 Å². The topological polar surface area (TPSA) is 66.8 Å². The lowest BCUT2D eigenvalue weighted by Crippen LogP contribution is -2.45. The van der Waals surface area contributed by atoms with Crippen molar-refractivity contribution >= 4 is 10.0 Å². The normalized spacial score (nSPS) is 24.6. The molecule has 1 aliphatic rings. The second kappa shape index (κ2) is 6.11. The zero-order valence-corrected chi connectivity index (χ0v) is 12.6. The molecule has 6 heteroatoms. The van der Waals surface area contributed by atoms with Gasteiger partial charge >= 0.3 is 0 Å². The summed E-state index contributed by atoms with van der Waals surface area (Å²) in [6.45, 7) is 2.72. The van der Waals surface area contributed by atoms with E-state index in [1.54, 1.807) is 31.4 Å². The summed E-state index contributed by atoms with van der Waals surface area (Å²) < 4.78 is 31.6. The smallest absolute Gasteiger partial charge is 0.243 e. The minimum Gasteiger partial charge on any atom is -0.497 e. The van der Waals surface area contributed by atoms with Gasteiger partial charge in [-0.15, -0.1) is 0 Å². The molecular formula is C14H21NO4S. The number of rotatable bonds is 4. The van der Waals surface area contributed by atoms with Gasteiger partial charge in [-0.05, 0) is 43.0 Å². The van der Waals surface area contributed by atoms with Gasteiger partial charge in [0.15, 0.2) is 0 Å². The molecule has 20 heavy (non-hydrogen) atoms. The summed E-state index contributed by atoms with van der Waals surface area (Å²) in [6.07, 6.45) is 0.867. The largest absolute Gasteiger partial charge is 0.497 e. The molecule has 2 rings (SSSR count). The first-order valence-corrected chi connectivity index (χ1v) is 8.25. The van der Waals surface area contributed by atoms with Crippen molar-refractivity contribution in [3.05, 3.63) is 24.3 Å². The standard InChI is InChI=1S/C14H21NO4S/c1-3-11-10-15(9-8-14(11)16)20(17,18)13-6-4-12(19-2)5-7-13/h4-7,11,14,16H,3,8-10H2,1-2H3. The first-order valence-electron chi connectivity index (χ1n) is 6.81. The number of ether oxygens (including phenoxy) is 1. The molecule has 1 aliphatic heterocycles. The molecule has 1 heterocycles. The minimum absolute atomic E-state index is 0.0109. The molecule has 0 aliphatic carbocycles. The quantitative estimate of drug-likeness (QED) is 0.914. The highest BCUT2D eigenvalue weighted by atomic mass is 32.2. The molecule has 0 aromatic heterocycles. The molecular weight excluding hydrogens is 278 g/mol. The zero-order valence-electron chi connectivity index (χ0n) is 11.8. The Kier molecular flexibility index (Phi) is 4.67. The van der Waals surface area contributed by atoms with Gasteiger partial charge in [-0.25, -0.2) is 8.42 Å². The van der Waals surface area contributed by atoms with E-state index in [0.717, 1.165) is 6.42 Å². The fourth-order valence-corrected chi connectivity index (χ4v) is 4.01. The van der Waals surface area contributed by atoms with E-state index in [1.165, 1.54) is 4.31 Å². The molecule has 1 aromatic rings. The lowest BCUT2D eigenvalue weighted by molar-refractivity contribution is 0.0521. The van der Waals surface area contributed by atoms with E-state index in [2.05, 4.69) is 0 Å². The van der Waals surface area contributed by atoms with Crippen LogP contribution >= 0.6 is 0 Å². The predicted octanol–water partition coefficient (Wildman–Crippen LogP) is 1.48. The highest BCUT2D eigenvalue weighted by Gasteiger charge is 2.33. The molecule has 5 nitrogen and oxygen atoms in total. The van der Waals surface area contributed by atoms with E-state index in [1.807, 2.05) is 6.92 Å². The molecule has 1 fully saturated rings. The Labute approximate surface area is 120 Å². The van der Waals surface area contributed by atoms with Crippen LogP contribution in [0.5, 0.6) is 5.75 Å². The monoisotopic (exact) mass is 299 g/mol. The predicted molar refractivity (Wildman–Crippen MR) is 76.2 cm³/mol. The summed E-state index contributed by atoms with van der Waals surface area (Å²) in [4.78, 5) is 0.268. The minimum atomic E-state index is -3.49. The van der Waals surface area contributed by atoms with Crippen LogP contribution < -0.4 is 4.74 Å². The van der Waals surface area contributed by atoms with E-state index < -0.39 is 16.1 Å². The molecule has 1 aromatic carbocycles. The van der Waals surface area contributed by atoms with Gasteiger partial charge in [0.05, 0.1) is 18.1 Å². The second-order valence-corrected chi connectivity index (χ2v) is 7.00. The third-order valence-corrected chi connectivity index (χ3v) is 5.76. The molecule has 0 bridgehead atoms. The molecule has 0 spiro atoms. The van der Waals surface area contributed by atoms with Gasteiger partial charge in [-0.1, -0.05) is 6.92 Å². The molecule has 0 radical (unpaired) electrons. The number of nitrogens with zero attached hydrogens (tertiary/aromatic N) is 1. The summed E-state index contributed by atoms with van der Waals surface area (Å²) in [7, 11) is -1.94. The number of hydrogen-bond acceptors (Lipinski definition) is 4. The van der Waals surface area contributed by atoms with Crippen LogP contribution in [0.1, 0.15) is 19.8 Å². The van der Waals surface area contributed by atoms with Gasteiger partial charge in [0.1, 0.15) is 5.75 Å². The number of aliphatic hydroxyl groups is 1. The number of methoxy groups -OCH3 is 1. The van der Waals surface area contributed by atoms with E-state index in [9.17, 15) is 13.5 Å². The van der Waals surface area contributed by atoms with Crippen LogP contribution in [-0.2, 0) is 10.0 Å². The molecule has 112 valence electrons. The van der Waals surface area contributed by atoms with Crippen molar-refractivity contribution in [1.29, 1.82) is 0 Å². The van der Waals surface area contributed by atoms with Crippen LogP contribution in [0.25, 0.3) is 0 Å². The van der Waals surface area contributed by atoms with Crippen LogP contribution in [0, 0.1) is 5.92 Å². The average Bonchev–Trinajstić information content (AvgIpc) is 2.47. The van der Waals surface area contributed by atoms with Crippen molar-refractivity contribution in [2.45, 2.75) is 30.8 Å². The van der Waals surface area contributed by atoms with Crippen LogP contribution in [0.4, 0.5) is 0 Å². The number of benzene rings is 1. The Morgan fingerprint density at radius 1 is 1.35 bits per heavy atom. The van der Waals surface area contributed by atoms with Crippen LogP contribution in [0.2, 0.25) is 0 Å². The average molecular weight is 299 g/mol. The highest BCUT2D eigenvalue weighted by Crippen LogP contribution is 2.26. The molecule has 2 atom stereocenters. The van der Waals surface area contributed by atoms with E-state index in [-0.39, 0.29) is 10.8 Å². The molecule has 1 saturated heterocycles. The Balaban J connectivity index is 2.21. The Hall–Kier alpha value is -1.11. The SMILES string of the molecule is CCC1CN(S(=O)(=O)c2ccc(OC)cc2)CCC1O. The summed E-state index contributed by atoms with van der Waals surface area (Å²) >= 11 is 0. The number of sulfonamides is 1. The van der Waals surface area contributed by atoms with Gasteiger partial charge in [-0.3, -0.25) is 0 Å². The van der Waals surface area contributed by atoms with Crippen LogP contribution in [0.15, 0.2) is 29.2 Å². The lowest BCUT2D eigenvalue weighted by Gasteiger charge is -2.34. The van der Waals surface area contributed by atoms with E-state index >= 15 is 0 Å². The van der Waals surface area contributed by atoms with Gasteiger partial charge in [0, 0.05) is 13.1 Å². The third kappa shape index (κ3) is 2.97. The van der Waals surface area contributed by atoms with E-state index in [0.29, 0.717) is 25.3 Å². The molecule has 1 N–H and O–H groups in total. The first kappa shape index (κ1) is 15.3. The lowest BCUT2D eigenvalue weighted by atomic mass is 9.94. The van der Waals surface area contributed by atoms with Crippen molar-refractivity contribution in [3.8, 4) is 5.75 Å². The fourth-order valence-electron chi connectivity index (χ4n) is 2.50. The summed E-state index contributed by atoms with van der Waals surface area (Å²) in [6, 6.07) is 6.40. The maximum Gasteiger partial charge on any atom is 0.243 e. The number of aliphatic hydroxyl groups excluding tert-OH is 1. The Morgan fingerprint density at radius 3 is 2.55 bits per heavy atom. The Morgan fingerprint density at radius 2 is 2.00 bits per heavy atom. The van der Waals surface area contributed by atoms with Gasteiger partial charge in [-0.2, -0.15) is 4.31 Å². The first-order chi connectivity index (χ1) is 9.48. The number of piperidine rings is 1. The third-order valence-electron chi connectivity index (χ3n) is 3.88.